The lowest BCUT2D eigenvalue weighted by Crippen LogP contribution is -2.61. The van der Waals surface area contributed by atoms with Gasteiger partial charge in [-0.2, -0.15) is 0 Å². The molecule has 3 rings (SSSR count). The molecule has 1 N–H and O–H groups in total. The van der Waals surface area contributed by atoms with Crippen LogP contribution >= 0.6 is 0 Å². The van der Waals surface area contributed by atoms with E-state index in [-0.39, 0.29) is 5.54 Å². The van der Waals surface area contributed by atoms with Crippen molar-refractivity contribution in [2.45, 2.75) is 58.0 Å². The van der Waals surface area contributed by atoms with Gasteiger partial charge in [0.1, 0.15) is 0 Å². The fourth-order valence-electron chi connectivity index (χ4n) is 3.96. The van der Waals surface area contributed by atoms with Crippen LogP contribution in [0, 0.1) is 5.41 Å². The van der Waals surface area contributed by atoms with Gasteiger partial charge in [-0.1, -0.05) is 43.7 Å². The van der Waals surface area contributed by atoms with Crippen molar-refractivity contribution in [2.75, 3.05) is 19.6 Å². The van der Waals surface area contributed by atoms with E-state index in [4.69, 9.17) is 0 Å². The molecule has 2 fully saturated rings. The molecule has 2 nitrogen and oxygen atoms in total. The quantitative estimate of drug-likeness (QED) is 0.886. The van der Waals surface area contributed by atoms with Gasteiger partial charge in [-0.15, -0.1) is 0 Å². The lowest BCUT2D eigenvalue weighted by atomic mass is 9.87. The fraction of sp³-hybridized carbons (Fsp3) is 0.684. The Hall–Kier alpha value is -0.860. The van der Waals surface area contributed by atoms with Crippen molar-refractivity contribution in [3.8, 4) is 0 Å². The van der Waals surface area contributed by atoms with E-state index in [0.717, 1.165) is 13.1 Å². The van der Waals surface area contributed by atoms with Crippen molar-refractivity contribution in [1.29, 1.82) is 0 Å². The number of nitrogens with zero attached hydrogens (tertiary/aromatic N) is 1. The minimum absolute atomic E-state index is 0.0933. The Morgan fingerprint density at radius 3 is 2.57 bits per heavy atom. The number of hydrogen-bond acceptors (Lipinski definition) is 2. The van der Waals surface area contributed by atoms with Crippen LogP contribution in [0.3, 0.4) is 0 Å². The van der Waals surface area contributed by atoms with E-state index in [1.807, 2.05) is 0 Å². The molecule has 2 unspecified atom stereocenters. The summed E-state index contributed by atoms with van der Waals surface area (Å²) in [5.74, 6) is 0. The summed E-state index contributed by atoms with van der Waals surface area (Å²) in [5, 5.41) is 3.79. The third kappa shape index (κ3) is 3.17. The molecule has 2 heteroatoms. The zero-order valence-electron chi connectivity index (χ0n) is 13.9. The maximum absolute atomic E-state index is 3.79. The van der Waals surface area contributed by atoms with Crippen LogP contribution in [-0.4, -0.2) is 30.6 Å². The Kier molecular flexibility index (Phi) is 4.11. The first-order valence-corrected chi connectivity index (χ1v) is 8.62. The number of nitrogens with one attached hydrogen (secondary N) is 1. The SMILES string of the molecule is CCCC1(CN2CC(C)(c3ccccc3)NCC2C)CC1. The second-order valence-electron chi connectivity index (χ2n) is 7.58. The standard InChI is InChI=1S/C19H30N2/c1-4-10-19(11-12-19)15-21-14-18(3,20-13-16(21)2)17-8-6-5-7-9-17/h5-9,16,20H,4,10-15H2,1-3H3. The highest BCUT2D eigenvalue weighted by Gasteiger charge is 2.45. The summed E-state index contributed by atoms with van der Waals surface area (Å²) in [7, 11) is 0. The second-order valence-corrected chi connectivity index (χ2v) is 7.58. The Morgan fingerprint density at radius 2 is 1.95 bits per heavy atom. The van der Waals surface area contributed by atoms with E-state index in [9.17, 15) is 0 Å². The van der Waals surface area contributed by atoms with E-state index in [1.54, 1.807) is 0 Å². The largest absolute Gasteiger partial charge is 0.305 e. The molecule has 1 saturated carbocycles. The van der Waals surface area contributed by atoms with Crippen molar-refractivity contribution < 1.29 is 0 Å². The third-order valence-electron chi connectivity index (χ3n) is 5.62. The average molecular weight is 286 g/mol. The molecule has 0 amide bonds. The molecule has 1 heterocycles. The van der Waals surface area contributed by atoms with Crippen molar-refractivity contribution in [1.82, 2.24) is 10.2 Å². The van der Waals surface area contributed by atoms with Gasteiger partial charge in [-0.05, 0) is 44.1 Å². The van der Waals surface area contributed by atoms with Crippen LogP contribution in [0.2, 0.25) is 0 Å². The van der Waals surface area contributed by atoms with Crippen LogP contribution in [0.25, 0.3) is 0 Å². The predicted octanol–water partition coefficient (Wildman–Crippen LogP) is 3.78. The molecule has 1 saturated heterocycles. The lowest BCUT2D eigenvalue weighted by Gasteiger charge is -2.46. The van der Waals surface area contributed by atoms with E-state index in [0.29, 0.717) is 11.5 Å². The molecule has 0 spiro atoms. The second kappa shape index (κ2) is 5.73. The van der Waals surface area contributed by atoms with Crippen LogP contribution in [0.15, 0.2) is 30.3 Å². The molecule has 0 bridgehead atoms. The van der Waals surface area contributed by atoms with Gasteiger partial charge in [0.2, 0.25) is 0 Å². The molecule has 21 heavy (non-hydrogen) atoms. The Bertz CT molecular complexity index is 466. The van der Waals surface area contributed by atoms with Crippen LogP contribution in [0.1, 0.15) is 52.0 Å². The summed E-state index contributed by atoms with van der Waals surface area (Å²) in [6.07, 6.45) is 5.63. The molecule has 2 atom stereocenters. The number of benzene rings is 1. The molecule has 1 aromatic carbocycles. The van der Waals surface area contributed by atoms with Crippen LogP contribution < -0.4 is 5.32 Å². The van der Waals surface area contributed by atoms with Crippen LogP contribution in [0.5, 0.6) is 0 Å². The molecule has 0 radical (unpaired) electrons. The maximum atomic E-state index is 3.79. The van der Waals surface area contributed by atoms with Crippen LogP contribution in [-0.2, 0) is 5.54 Å². The van der Waals surface area contributed by atoms with Gasteiger partial charge in [0, 0.05) is 25.7 Å². The summed E-state index contributed by atoms with van der Waals surface area (Å²) in [6.45, 7) is 10.6. The van der Waals surface area contributed by atoms with Crippen molar-refractivity contribution in [3.63, 3.8) is 0 Å². The molecule has 1 aromatic rings. The molecular formula is C19H30N2. The molecule has 0 aromatic heterocycles. The minimum atomic E-state index is 0.0933. The summed E-state index contributed by atoms with van der Waals surface area (Å²) in [4.78, 5) is 2.74. The highest BCUT2D eigenvalue weighted by Crippen LogP contribution is 2.50. The highest BCUT2D eigenvalue weighted by molar-refractivity contribution is 5.25. The summed E-state index contributed by atoms with van der Waals surface area (Å²) in [5.41, 5.74) is 2.16. The average Bonchev–Trinajstić information content (AvgIpc) is 3.24. The minimum Gasteiger partial charge on any atom is -0.305 e. The summed E-state index contributed by atoms with van der Waals surface area (Å²) >= 11 is 0. The normalized spacial score (nSPS) is 32.0. The van der Waals surface area contributed by atoms with Gasteiger partial charge in [0.25, 0.3) is 0 Å². The van der Waals surface area contributed by atoms with Gasteiger partial charge in [0.15, 0.2) is 0 Å². The molecule has 116 valence electrons. The van der Waals surface area contributed by atoms with E-state index in [2.05, 4.69) is 61.3 Å². The Labute approximate surface area is 129 Å². The molecular weight excluding hydrogens is 256 g/mol. The van der Waals surface area contributed by atoms with Gasteiger partial charge in [-0.25, -0.2) is 0 Å². The Balaban J connectivity index is 1.73. The first kappa shape index (κ1) is 15.1. The zero-order valence-corrected chi connectivity index (χ0v) is 13.9. The summed E-state index contributed by atoms with van der Waals surface area (Å²) < 4.78 is 0. The monoisotopic (exact) mass is 286 g/mol. The van der Waals surface area contributed by atoms with Crippen molar-refractivity contribution >= 4 is 0 Å². The third-order valence-corrected chi connectivity index (χ3v) is 5.62. The molecule has 1 aliphatic heterocycles. The van der Waals surface area contributed by atoms with Crippen molar-refractivity contribution in [3.05, 3.63) is 35.9 Å². The topological polar surface area (TPSA) is 15.3 Å². The number of rotatable bonds is 5. The number of hydrogen-bond donors (Lipinski definition) is 1. The Morgan fingerprint density at radius 1 is 1.24 bits per heavy atom. The van der Waals surface area contributed by atoms with E-state index in [1.165, 1.54) is 37.8 Å². The zero-order chi connectivity index (χ0) is 14.9. The van der Waals surface area contributed by atoms with Crippen LogP contribution in [0.4, 0.5) is 0 Å². The first-order chi connectivity index (χ1) is 10.1. The first-order valence-electron chi connectivity index (χ1n) is 8.62. The van der Waals surface area contributed by atoms with Gasteiger partial charge in [0.05, 0.1) is 5.54 Å². The van der Waals surface area contributed by atoms with Gasteiger partial charge >= 0.3 is 0 Å². The lowest BCUT2D eigenvalue weighted by molar-refractivity contribution is 0.0721. The smallest absolute Gasteiger partial charge is 0.0535 e. The van der Waals surface area contributed by atoms with Crippen molar-refractivity contribution in [2.24, 2.45) is 5.41 Å². The predicted molar refractivity (Wildman–Crippen MR) is 89.4 cm³/mol. The van der Waals surface area contributed by atoms with Gasteiger partial charge < -0.3 is 5.32 Å². The molecule has 2 aliphatic rings. The van der Waals surface area contributed by atoms with E-state index < -0.39 is 0 Å². The number of piperazine rings is 1. The van der Waals surface area contributed by atoms with Gasteiger partial charge in [-0.3, -0.25) is 4.90 Å². The summed E-state index contributed by atoms with van der Waals surface area (Å²) in [6, 6.07) is 11.6. The highest BCUT2D eigenvalue weighted by atomic mass is 15.3. The van der Waals surface area contributed by atoms with E-state index >= 15 is 0 Å². The maximum Gasteiger partial charge on any atom is 0.0535 e. The fourth-order valence-corrected chi connectivity index (χ4v) is 3.96. The molecule has 1 aliphatic carbocycles.